The zero-order valence-corrected chi connectivity index (χ0v) is 15.6. The van der Waals surface area contributed by atoms with Crippen LogP contribution in [0.4, 0.5) is 5.82 Å². The third-order valence-electron chi connectivity index (χ3n) is 4.88. The fraction of sp³-hybridized carbons (Fsp3) is 0.765. The zero-order chi connectivity index (χ0) is 17.5. The molecule has 2 aliphatic rings. The number of hydrogen-bond donors (Lipinski definition) is 1. The van der Waals surface area contributed by atoms with Crippen molar-refractivity contribution in [3.05, 3.63) is 11.3 Å². The van der Waals surface area contributed by atoms with Gasteiger partial charge in [0.2, 0.25) is 5.91 Å². The van der Waals surface area contributed by atoms with Gasteiger partial charge >= 0.3 is 0 Å². The van der Waals surface area contributed by atoms with E-state index in [2.05, 4.69) is 10.4 Å². The van der Waals surface area contributed by atoms with Crippen molar-refractivity contribution in [2.45, 2.75) is 76.3 Å². The van der Waals surface area contributed by atoms with Gasteiger partial charge in [-0.05, 0) is 39.5 Å². The highest BCUT2D eigenvalue weighted by molar-refractivity contribution is 7.90. The molecule has 3 rings (SSSR count). The van der Waals surface area contributed by atoms with Crippen LogP contribution in [0.2, 0.25) is 0 Å². The first kappa shape index (κ1) is 17.5. The fourth-order valence-corrected chi connectivity index (χ4v) is 5.19. The molecule has 1 saturated carbocycles. The Kier molecular flexibility index (Phi) is 4.49. The highest BCUT2D eigenvalue weighted by Crippen LogP contribution is 2.35. The average molecular weight is 353 g/mol. The van der Waals surface area contributed by atoms with Gasteiger partial charge in [-0.1, -0.05) is 19.3 Å². The Bertz CT molecular complexity index is 738. The van der Waals surface area contributed by atoms with Gasteiger partial charge in [-0.15, -0.1) is 0 Å². The molecular formula is C17H27N3O3S. The number of amides is 1. The highest BCUT2D eigenvalue weighted by Gasteiger charge is 2.35. The monoisotopic (exact) mass is 353 g/mol. The predicted molar refractivity (Wildman–Crippen MR) is 93.4 cm³/mol. The first-order chi connectivity index (χ1) is 11.2. The maximum atomic E-state index is 12.5. The molecule has 1 amide bonds. The molecule has 6 nitrogen and oxygen atoms in total. The van der Waals surface area contributed by atoms with Crippen molar-refractivity contribution in [2.75, 3.05) is 5.32 Å². The van der Waals surface area contributed by atoms with Gasteiger partial charge in [0.15, 0.2) is 9.84 Å². The molecule has 1 fully saturated rings. The molecule has 1 aromatic heterocycles. The van der Waals surface area contributed by atoms with Gasteiger partial charge in [-0.2, -0.15) is 5.10 Å². The molecule has 1 N–H and O–H groups in total. The van der Waals surface area contributed by atoms with Crippen molar-refractivity contribution in [3.8, 4) is 0 Å². The van der Waals surface area contributed by atoms with Crippen LogP contribution in [0.3, 0.4) is 0 Å². The van der Waals surface area contributed by atoms with Crippen molar-refractivity contribution in [2.24, 2.45) is 5.92 Å². The van der Waals surface area contributed by atoms with Crippen molar-refractivity contribution in [1.82, 2.24) is 9.78 Å². The van der Waals surface area contributed by atoms with Crippen LogP contribution in [-0.4, -0.2) is 24.1 Å². The van der Waals surface area contributed by atoms with E-state index in [9.17, 15) is 13.2 Å². The van der Waals surface area contributed by atoms with E-state index in [1.165, 1.54) is 19.3 Å². The average Bonchev–Trinajstić information content (AvgIpc) is 2.93. The van der Waals surface area contributed by atoms with Crippen LogP contribution in [0.1, 0.15) is 70.6 Å². The molecular weight excluding hydrogens is 326 g/mol. The molecule has 7 heteroatoms. The molecule has 0 unspecified atom stereocenters. The standard InChI is InChI=1S/C17H27N3O3S/c1-17(2,3)20-16(13-10-24(22,23)11-14(13)19-20)18-15(21)9-12-7-5-4-6-8-12/h12H,4-11H2,1-3H3,(H,18,21). The van der Waals surface area contributed by atoms with Crippen LogP contribution >= 0.6 is 0 Å². The quantitative estimate of drug-likeness (QED) is 0.906. The number of sulfone groups is 1. The minimum Gasteiger partial charge on any atom is -0.311 e. The number of carbonyl (C=O) groups is 1. The molecule has 1 aliphatic carbocycles. The van der Waals surface area contributed by atoms with E-state index < -0.39 is 9.84 Å². The van der Waals surface area contributed by atoms with Crippen LogP contribution in [0.15, 0.2) is 0 Å². The molecule has 0 spiro atoms. The summed E-state index contributed by atoms with van der Waals surface area (Å²) in [7, 11) is -3.14. The topological polar surface area (TPSA) is 81.1 Å². The largest absolute Gasteiger partial charge is 0.311 e. The lowest BCUT2D eigenvalue weighted by atomic mass is 9.87. The Morgan fingerprint density at radius 1 is 1.21 bits per heavy atom. The Balaban J connectivity index is 1.82. The minimum absolute atomic E-state index is 0.0283. The molecule has 1 aliphatic heterocycles. The number of nitrogens with zero attached hydrogens (tertiary/aromatic N) is 2. The number of hydrogen-bond acceptors (Lipinski definition) is 4. The van der Waals surface area contributed by atoms with E-state index in [0.717, 1.165) is 12.8 Å². The molecule has 134 valence electrons. The number of carbonyl (C=O) groups excluding carboxylic acids is 1. The molecule has 0 aromatic carbocycles. The summed E-state index contributed by atoms with van der Waals surface area (Å²) in [4.78, 5) is 12.5. The van der Waals surface area contributed by atoms with Crippen molar-refractivity contribution >= 4 is 21.6 Å². The van der Waals surface area contributed by atoms with Crippen molar-refractivity contribution in [1.29, 1.82) is 0 Å². The molecule has 0 bridgehead atoms. The summed E-state index contributed by atoms with van der Waals surface area (Å²) >= 11 is 0. The van der Waals surface area contributed by atoms with Gasteiger partial charge in [-0.3, -0.25) is 4.79 Å². The molecule has 0 radical (unpaired) electrons. The van der Waals surface area contributed by atoms with E-state index in [-0.39, 0.29) is 23.0 Å². The highest BCUT2D eigenvalue weighted by atomic mass is 32.2. The SMILES string of the molecule is CC(C)(C)n1nc2c(c1NC(=O)CC1CCCCC1)CS(=O)(=O)C2. The predicted octanol–water partition coefficient (Wildman–Crippen LogP) is 2.98. The summed E-state index contributed by atoms with van der Waals surface area (Å²) in [5.74, 6) is 0.925. The number of rotatable bonds is 3. The molecule has 2 heterocycles. The van der Waals surface area contributed by atoms with Crippen LogP contribution in [0, 0.1) is 5.92 Å². The Morgan fingerprint density at radius 3 is 2.50 bits per heavy atom. The lowest BCUT2D eigenvalue weighted by molar-refractivity contribution is -0.117. The summed E-state index contributed by atoms with van der Waals surface area (Å²) in [5, 5.41) is 7.46. The second kappa shape index (κ2) is 6.17. The van der Waals surface area contributed by atoms with E-state index in [4.69, 9.17) is 0 Å². The number of nitrogens with one attached hydrogen (secondary N) is 1. The molecule has 0 saturated heterocycles. The number of fused-ring (bicyclic) bond motifs is 1. The van der Waals surface area contributed by atoms with E-state index >= 15 is 0 Å². The Hall–Kier alpha value is -1.37. The fourth-order valence-electron chi connectivity index (χ4n) is 3.69. The minimum atomic E-state index is -3.14. The van der Waals surface area contributed by atoms with Crippen LogP contribution in [0.25, 0.3) is 0 Å². The maximum Gasteiger partial charge on any atom is 0.225 e. The first-order valence-corrected chi connectivity index (χ1v) is 10.6. The second-order valence-electron chi connectivity index (χ2n) is 8.15. The van der Waals surface area contributed by atoms with E-state index in [0.29, 0.717) is 29.4 Å². The molecule has 0 atom stereocenters. The zero-order valence-electron chi connectivity index (χ0n) is 14.8. The number of aromatic nitrogens is 2. The smallest absolute Gasteiger partial charge is 0.225 e. The van der Waals surface area contributed by atoms with Crippen LogP contribution in [0.5, 0.6) is 0 Å². The Morgan fingerprint density at radius 2 is 1.88 bits per heavy atom. The summed E-state index contributed by atoms with van der Waals surface area (Å²) in [5.41, 5.74) is 0.932. The van der Waals surface area contributed by atoms with Gasteiger partial charge in [0.1, 0.15) is 5.82 Å². The van der Waals surface area contributed by atoms with Gasteiger partial charge in [0, 0.05) is 12.0 Å². The lowest BCUT2D eigenvalue weighted by Crippen LogP contribution is -2.28. The number of anilines is 1. The van der Waals surface area contributed by atoms with Crippen LogP contribution in [-0.2, 0) is 31.7 Å². The van der Waals surface area contributed by atoms with E-state index in [1.54, 1.807) is 4.68 Å². The van der Waals surface area contributed by atoms with E-state index in [1.807, 2.05) is 20.8 Å². The third-order valence-corrected chi connectivity index (χ3v) is 6.32. The summed E-state index contributed by atoms with van der Waals surface area (Å²) in [6.45, 7) is 6.00. The third kappa shape index (κ3) is 3.66. The normalized spacial score (nSPS) is 20.8. The molecule has 1 aromatic rings. The van der Waals surface area contributed by atoms with Gasteiger partial charge < -0.3 is 5.32 Å². The first-order valence-electron chi connectivity index (χ1n) is 8.77. The maximum absolute atomic E-state index is 12.5. The van der Waals surface area contributed by atoms with Gasteiger partial charge in [-0.25, -0.2) is 13.1 Å². The van der Waals surface area contributed by atoms with Crippen LogP contribution < -0.4 is 5.32 Å². The summed E-state index contributed by atoms with van der Waals surface area (Å²) in [6, 6.07) is 0. The Labute approximate surface area is 143 Å². The second-order valence-corrected chi connectivity index (χ2v) is 10.2. The molecule has 24 heavy (non-hydrogen) atoms. The van der Waals surface area contributed by atoms with Gasteiger partial charge in [0.05, 0.1) is 22.7 Å². The van der Waals surface area contributed by atoms with Gasteiger partial charge in [0.25, 0.3) is 0 Å². The summed E-state index contributed by atoms with van der Waals surface area (Å²) in [6.07, 6.45) is 6.39. The van der Waals surface area contributed by atoms with Crippen molar-refractivity contribution < 1.29 is 13.2 Å². The summed E-state index contributed by atoms with van der Waals surface area (Å²) < 4.78 is 25.6. The lowest BCUT2D eigenvalue weighted by Gasteiger charge is -2.24. The van der Waals surface area contributed by atoms with Crippen molar-refractivity contribution in [3.63, 3.8) is 0 Å².